The molecular formula is C21H23N9O. The lowest BCUT2D eigenvalue weighted by molar-refractivity contribution is 0.138. The average Bonchev–Trinajstić information content (AvgIpc) is 3.12. The van der Waals surface area contributed by atoms with Gasteiger partial charge in [-0.2, -0.15) is 10.1 Å². The molecule has 10 heteroatoms. The number of hydrogen-bond donors (Lipinski definition) is 1. The molecule has 0 saturated carbocycles. The number of nitrogens with one attached hydrogen (secondary N) is 1. The van der Waals surface area contributed by atoms with Crippen LogP contribution in [0.25, 0.3) is 22.7 Å². The number of fused-ring (bicyclic) bond motifs is 2. The first-order valence-corrected chi connectivity index (χ1v) is 10.6. The van der Waals surface area contributed by atoms with Gasteiger partial charge >= 0.3 is 0 Å². The number of hydrogen-bond acceptors (Lipinski definition) is 8. The summed E-state index contributed by atoms with van der Waals surface area (Å²) in [5.41, 5.74) is 2.85. The standard InChI is InChI=1S/C21H23N9O/c1-14-24-21-23-9-15(12-30(21)26-14)18-8-20(31)29-13-16(2-3-19(29)25-18)27-4-6-28(7-5-27)17-10-22-11-17/h2-3,8-9,12-13,17,22H,4-7,10-11H2,1H3. The largest absolute Gasteiger partial charge is 0.368 e. The minimum absolute atomic E-state index is 0.115. The van der Waals surface area contributed by atoms with E-state index in [0.29, 0.717) is 29.0 Å². The summed E-state index contributed by atoms with van der Waals surface area (Å²) in [6, 6.07) is 6.19. The van der Waals surface area contributed by atoms with Gasteiger partial charge in [-0.25, -0.2) is 14.5 Å². The number of anilines is 1. The normalized spacial score (nSPS) is 18.0. The smallest absolute Gasteiger partial charge is 0.258 e. The fraction of sp³-hybridized carbons (Fsp3) is 0.381. The summed E-state index contributed by atoms with van der Waals surface area (Å²) in [4.78, 5) is 31.0. The number of pyridine rings is 1. The van der Waals surface area contributed by atoms with Crippen LogP contribution in [-0.4, -0.2) is 79.2 Å². The third-order valence-corrected chi connectivity index (χ3v) is 6.20. The van der Waals surface area contributed by atoms with E-state index in [0.717, 1.165) is 50.5 Å². The Morgan fingerprint density at radius 1 is 1.06 bits per heavy atom. The van der Waals surface area contributed by atoms with Crippen molar-refractivity contribution < 1.29 is 0 Å². The Bertz CT molecular complexity index is 1330. The fourth-order valence-electron chi connectivity index (χ4n) is 4.32. The van der Waals surface area contributed by atoms with Gasteiger partial charge in [0.1, 0.15) is 11.5 Å². The molecular weight excluding hydrogens is 394 g/mol. The van der Waals surface area contributed by atoms with Crippen LogP contribution in [0.1, 0.15) is 5.82 Å². The van der Waals surface area contributed by atoms with Crippen LogP contribution in [0.4, 0.5) is 5.69 Å². The molecule has 6 heterocycles. The molecule has 0 spiro atoms. The molecule has 158 valence electrons. The fourth-order valence-corrected chi connectivity index (χ4v) is 4.32. The second-order valence-corrected chi connectivity index (χ2v) is 8.18. The van der Waals surface area contributed by atoms with Gasteiger partial charge in [-0.3, -0.25) is 14.1 Å². The summed E-state index contributed by atoms with van der Waals surface area (Å²) >= 11 is 0. The molecule has 10 nitrogen and oxygen atoms in total. The summed E-state index contributed by atoms with van der Waals surface area (Å²) < 4.78 is 3.23. The third-order valence-electron chi connectivity index (χ3n) is 6.20. The SMILES string of the molecule is Cc1nc2ncc(-c3cc(=O)n4cc(N5CCN(C6CNC6)CC5)ccc4n3)cn2n1. The molecule has 1 N–H and O–H groups in total. The van der Waals surface area contributed by atoms with Crippen LogP contribution in [0.5, 0.6) is 0 Å². The molecule has 0 bridgehead atoms. The van der Waals surface area contributed by atoms with Crippen LogP contribution < -0.4 is 15.8 Å². The van der Waals surface area contributed by atoms with E-state index in [2.05, 4.69) is 35.2 Å². The van der Waals surface area contributed by atoms with Gasteiger partial charge in [0.05, 0.1) is 11.4 Å². The van der Waals surface area contributed by atoms with Gasteiger partial charge in [-0.15, -0.1) is 0 Å². The quantitative estimate of drug-likeness (QED) is 0.505. The molecule has 2 aliphatic heterocycles. The van der Waals surface area contributed by atoms with Crippen LogP contribution in [0.15, 0.2) is 41.6 Å². The predicted molar refractivity (Wildman–Crippen MR) is 116 cm³/mol. The Morgan fingerprint density at radius 3 is 2.68 bits per heavy atom. The van der Waals surface area contributed by atoms with Gasteiger partial charge in [0, 0.05) is 75.5 Å². The van der Waals surface area contributed by atoms with Crippen molar-refractivity contribution in [3.8, 4) is 11.3 Å². The monoisotopic (exact) mass is 417 g/mol. The summed E-state index contributed by atoms with van der Waals surface area (Å²) in [6.45, 7) is 8.03. The Balaban J connectivity index is 1.29. The third kappa shape index (κ3) is 3.24. The van der Waals surface area contributed by atoms with E-state index < -0.39 is 0 Å². The van der Waals surface area contributed by atoms with Gasteiger partial charge in [0.25, 0.3) is 11.3 Å². The molecule has 0 amide bonds. The number of rotatable bonds is 3. The summed E-state index contributed by atoms with van der Waals surface area (Å²) in [5, 5.41) is 7.63. The zero-order chi connectivity index (χ0) is 20.9. The van der Waals surface area contributed by atoms with Crippen molar-refractivity contribution in [1.82, 2.24) is 39.2 Å². The lowest BCUT2D eigenvalue weighted by Crippen LogP contribution is -2.61. The van der Waals surface area contributed by atoms with E-state index in [-0.39, 0.29) is 5.56 Å². The molecule has 0 atom stereocenters. The van der Waals surface area contributed by atoms with Crippen LogP contribution in [0.3, 0.4) is 0 Å². The van der Waals surface area contributed by atoms with Gasteiger partial charge < -0.3 is 10.2 Å². The molecule has 2 fully saturated rings. The topological polar surface area (TPSA) is 96.0 Å². The lowest BCUT2D eigenvalue weighted by atomic mass is 10.1. The summed E-state index contributed by atoms with van der Waals surface area (Å²) in [7, 11) is 0. The van der Waals surface area contributed by atoms with Crippen molar-refractivity contribution in [3.05, 3.63) is 53.0 Å². The van der Waals surface area contributed by atoms with Crippen LogP contribution in [0.2, 0.25) is 0 Å². The van der Waals surface area contributed by atoms with E-state index in [9.17, 15) is 4.79 Å². The van der Waals surface area contributed by atoms with Crippen molar-refractivity contribution in [2.24, 2.45) is 0 Å². The maximum absolute atomic E-state index is 12.9. The predicted octanol–water partition coefficient (Wildman–Crippen LogP) is 0.201. The number of piperazine rings is 1. The molecule has 31 heavy (non-hydrogen) atoms. The van der Waals surface area contributed by atoms with Gasteiger partial charge in [0.15, 0.2) is 0 Å². The van der Waals surface area contributed by atoms with Crippen molar-refractivity contribution in [2.75, 3.05) is 44.2 Å². The van der Waals surface area contributed by atoms with Gasteiger partial charge in [-0.05, 0) is 19.1 Å². The van der Waals surface area contributed by atoms with Crippen LogP contribution in [-0.2, 0) is 0 Å². The number of aryl methyl sites for hydroxylation is 1. The highest BCUT2D eigenvalue weighted by atomic mass is 16.1. The number of aromatic nitrogens is 6. The zero-order valence-electron chi connectivity index (χ0n) is 17.3. The van der Waals surface area contributed by atoms with Crippen molar-refractivity contribution >= 4 is 17.1 Å². The molecule has 0 unspecified atom stereocenters. The number of nitrogens with zero attached hydrogens (tertiary/aromatic N) is 8. The Kier molecular flexibility index (Phi) is 4.22. The highest BCUT2D eigenvalue weighted by Crippen LogP contribution is 2.20. The van der Waals surface area contributed by atoms with E-state index >= 15 is 0 Å². The van der Waals surface area contributed by atoms with E-state index in [1.54, 1.807) is 27.4 Å². The molecule has 2 saturated heterocycles. The maximum atomic E-state index is 12.9. The van der Waals surface area contributed by atoms with E-state index in [1.165, 1.54) is 0 Å². The molecule has 0 aromatic carbocycles. The molecule has 0 radical (unpaired) electrons. The second-order valence-electron chi connectivity index (χ2n) is 8.18. The van der Waals surface area contributed by atoms with Crippen molar-refractivity contribution in [1.29, 1.82) is 0 Å². The highest BCUT2D eigenvalue weighted by molar-refractivity contribution is 5.62. The van der Waals surface area contributed by atoms with Crippen molar-refractivity contribution in [2.45, 2.75) is 13.0 Å². The van der Waals surface area contributed by atoms with Crippen molar-refractivity contribution in [3.63, 3.8) is 0 Å². The summed E-state index contributed by atoms with van der Waals surface area (Å²) in [6.07, 6.45) is 5.37. The molecule has 6 rings (SSSR count). The molecule has 0 aliphatic carbocycles. The Labute approximate surface area is 178 Å². The molecule has 4 aromatic heterocycles. The highest BCUT2D eigenvalue weighted by Gasteiger charge is 2.27. The van der Waals surface area contributed by atoms with Gasteiger partial charge in [-0.1, -0.05) is 0 Å². The van der Waals surface area contributed by atoms with Crippen LogP contribution in [0, 0.1) is 6.92 Å². The van der Waals surface area contributed by atoms with E-state index in [4.69, 9.17) is 0 Å². The zero-order valence-corrected chi connectivity index (χ0v) is 17.3. The van der Waals surface area contributed by atoms with Gasteiger partial charge in [0.2, 0.25) is 0 Å². The van der Waals surface area contributed by atoms with Crippen LogP contribution >= 0.6 is 0 Å². The minimum atomic E-state index is -0.115. The Hall–Kier alpha value is -3.37. The molecule has 2 aliphatic rings. The minimum Gasteiger partial charge on any atom is -0.368 e. The first-order chi connectivity index (χ1) is 15.1. The first-order valence-electron chi connectivity index (χ1n) is 10.6. The average molecular weight is 417 g/mol. The first kappa shape index (κ1) is 18.4. The Morgan fingerprint density at radius 2 is 1.90 bits per heavy atom. The summed E-state index contributed by atoms with van der Waals surface area (Å²) in [5.74, 6) is 1.17. The molecule has 4 aromatic rings. The second kappa shape index (κ2) is 7.10. The lowest BCUT2D eigenvalue weighted by Gasteiger charge is -2.43. The van der Waals surface area contributed by atoms with E-state index in [1.807, 2.05) is 25.3 Å². The maximum Gasteiger partial charge on any atom is 0.258 e.